The summed E-state index contributed by atoms with van der Waals surface area (Å²) in [5, 5.41) is 5.73. The van der Waals surface area contributed by atoms with Crippen molar-refractivity contribution in [2.45, 2.75) is 6.92 Å². The van der Waals surface area contributed by atoms with Crippen LogP contribution in [0, 0.1) is 0 Å². The molecule has 0 saturated carbocycles. The molecule has 0 atom stereocenters. The Balaban J connectivity index is 1.68. The molecule has 29 heavy (non-hydrogen) atoms. The minimum absolute atomic E-state index is 0.248. The molecule has 3 aromatic rings. The van der Waals surface area contributed by atoms with Gasteiger partial charge in [-0.3, -0.25) is 4.79 Å². The lowest BCUT2D eigenvalue weighted by Gasteiger charge is -2.10. The molecule has 2 aromatic carbocycles. The summed E-state index contributed by atoms with van der Waals surface area (Å²) < 4.78 is 10.1. The van der Waals surface area contributed by atoms with E-state index in [1.807, 2.05) is 24.3 Å². The number of ether oxygens (including phenoxy) is 2. The number of nitrogens with one attached hydrogen (secondary N) is 2. The number of para-hydroxylation sites is 1. The van der Waals surface area contributed by atoms with E-state index in [4.69, 9.17) is 9.47 Å². The standard InChI is InChI=1S/C21H20N4O4/c1-3-29-20(27)17-6-4-5-7-18(17)25-19(26)14-12-22-21(23-13-14)24-15-8-10-16(28-2)11-9-15/h4-13H,3H2,1-2H3,(H,25,26)(H,22,23,24). The number of rotatable bonds is 7. The minimum atomic E-state index is -0.501. The van der Waals surface area contributed by atoms with E-state index in [1.54, 1.807) is 38.3 Å². The van der Waals surface area contributed by atoms with Crippen LogP contribution in [0.3, 0.4) is 0 Å². The van der Waals surface area contributed by atoms with Crippen molar-refractivity contribution in [2.75, 3.05) is 24.4 Å². The zero-order chi connectivity index (χ0) is 20.6. The number of hydrogen-bond acceptors (Lipinski definition) is 7. The van der Waals surface area contributed by atoms with Crippen molar-refractivity contribution < 1.29 is 19.1 Å². The van der Waals surface area contributed by atoms with Gasteiger partial charge in [0.25, 0.3) is 5.91 Å². The molecule has 0 radical (unpaired) electrons. The maximum atomic E-state index is 12.5. The second-order valence-corrected chi connectivity index (χ2v) is 5.87. The molecule has 0 aliphatic carbocycles. The van der Waals surface area contributed by atoms with E-state index in [2.05, 4.69) is 20.6 Å². The first kappa shape index (κ1) is 19.8. The van der Waals surface area contributed by atoms with Gasteiger partial charge in [0.15, 0.2) is 0 Å². The number of esters is 1. The molecule has 148 valence electrons. The number of anilines is 3. The van der Waals surface area contributed by atoms with E-state index >= 15 is 0 Å². The molecular formula is C21H20N4O4. The minimum Gasteiger partial charge on any atom is -0.497 e. The van der Waals surface area contributed by atoms with Crippen LogP contribution in [0.2, 0.25) is 0 Å². The third-order valence-corrected chi connectivity index (χ3v) is 3.93. The SMILES string of the molecule is CCOC(=O)c1ccccc1NC(=O)c1cnc(Nc2ccc(OC)cc2)nc1. The molecule has 0 bridgehead atoms. The van der Waals surface area contributed by atoms with Gasteiger partial charge in [-0.1, -0.05) is 12.1 Å². The second-order valence-electron chi connectivity index (χ2n) is 5.87. The summed E-state index contributed by atoms with van der Waals surface area (Å²) in [5.74, 6) is 0.154. The summed E-state index contributed by atoms with van der Waals surface area (Å²) in [4.78, 5) is 32.9. The van der Waals surface area contributed by atoms with Gasteiger partial charge in [-0.2, -0.15) is 0 Å². The van der Waals surface area contributed by atoms with Crippen LogP contribution in [0.15, 0.2) is 60.9 Å². The molecule has 0 spiro atoms. The van der Waals surface area contributed by atoms with Crippen LogP contribution in [0.4, 0.5) is 17.3 Å². The fourth-order valence-electron chi connectivity index (χ4n) is 2.49. The van der Waals surface area contributed by atoms with Crippen molar-refractivity contribution in [3.8, 4) is 5.75 Å². The van der Waals surface area contributed by atoms with Gasteiger partial charge in [0.05, 0.1) is 30.5 Å². The molecule has 0 aliphatic heterocycles. The maximum Gasteiger partial charge on any atom is 0.340 e. The zero-order valence-electron chi connectivity index (χ0n) is 16.0. The van der Waals surface area contributed by atoms with Gasteiger partial charge in [0, 0.05) is 18.1 Å². The molecule has 1 heterocycles. The van der Waals surface area contributed by atoms with E-state index in [0.29, 0.717) is 11.6 Å². The Kier molecular flexibility index (Phi) is 6.36. The number of amides is 1. The van der Waals surface area contributed by atoms with Crippen LogP contribution in [-0.4, -0.2) is 35.6 Å². The Bertz CT molecular complexity index is 988. The van der Waals surface area contributed by atoms with E-state index in [1.165, 1.54) is 12.4 Å². The van der Waals surface area contributed by atoms with Gasteiger partial charge in [0.2, 0.25) is 5.95 Å². The highest BCUT2D eigenvalue weighted by atomic mass is 16.5. The number of hydrogen-bond donors (Lipinski definition) is 2. The smallest absolute Gasteiger partial charge is 0.340 e. The van der Waals surface area contributed by atoms with Crippen LogP contribution in [-0.2, 0) is 4.74 Å². The third kappa shape index (κ3) is 5.07. The highest BCUT2D eigenvalue weighted by Crippen LogP contribution is 2.19. The quantitative estimate of drug-likeness (QED) is 0.592. The molecule has 8 heteroatoms. The highest BCUT2D eigenvalue weighted by molar-refractivity contribution is 6.07. The summed E-state index contributed by atoms with van der Waals surface area (Å²) in [5.41, 5.74) is 1.67. The van der Waals surface area contributed by atoms with E-state index in [-0.39, 0.29) is 17.7 Å². The summed E-state index contributed by atoms with van der Waals surface area (Å²) >= 11 is 0. The topological polar surface area (TPSA) is 102 Å². The van der Waals surface area contributed by atoms with Gasteiger partial charge >= 0.3 is 5.97 Å². The van der Waals surface area contributed by atoms with Crippen LogP contribution >= 0.6 is 0 Å². The lowest BCUT2D eigenvalue weighted by molar-refractivity contribution is 0.0527. The molecule has 1 amide bonds. The Morgan fingerprint density at radius 2 is 1.69 bits per heavy atom. The van der Waals surface area contributed by atoms with Crippen molar-refractivity contribution in [2.24, 2.45) is 0 Å². The first-order valence-electron chi connectivity index (χ1n) is 8.91. The average Bonchev–Trinajstić information content (AvgIpc) is 2.75. The van der Waals surface area contributed by atoms with Gasteiger partial charge in [-0.05, 0) is 43.3 Å². The monoisotopic (exact) mass is 392 g/mol. The van der Waals surface area contributed by atoms with Crippen molar-refractivity contribution in [3.63, 3.8) is 0 Å². The van der Waals surface area contributed by atoms with E-state index in [9.17, 15) is 9.59 Å². The van der Waals surface area contributed by atoms with Crippen molar-refractivity contribution in [1.82, 2.24) is 9.97 Å². The number of nitrogens with zero attached hydrogens (tertiary/aromatic N) is 2. The molecule has 0 saturated heterocycles. The summed E-state index contributed by atoms with van der Waals surface area (Å²) in [6.45, 7) is 1.97. The molecule has 0 fully saturated rings. The molecular weight excluding hydrogens is 372 g/mol. The lowest BCUT2D eigenvalue weighted by Crippen LogP contribution is -2.16. The van der Waals surface area contributed by atoms with E-state index < -0.39 is 11.9 Å². The van der Waals surface area contributed by atoms with Crippen LogP contribution in [0.5, 0.6) is 5.75 Å². The van der Waals surface area contributed by atoms with Gasteiger partial charge in [-0.15, -0.1) is 0 Å². The van der Waals surface area contributed by atoms with Crippen LogP contribution in [0.25, 0.3) is 0 Å². The number of carbonyl (C=O) groups is 2. The normalized spacial score (nSPS) is 10.1. The fourth-order valence-corrected chi connectivity index (χ4v) is 2.49. The van der Waals surface area contributed by atoms with Gasteiger partial charge < -0.3 is 20.1 Å². The van der Waals surface area contributed by atoms with Crippen molar-refractivity contribution in [1.29, 1.82) is 0 Å². The fraction of sp³-hybridized carbons (Fsp3) is 0.143. The van der Waals surface area contributed by atoms with Crippen molar-refractivity contribution >= 4 is 29.2 Å². The first-order valence-corrected chi connectivity index (χ1v) is 8.91. The van der Waals surface area contributed by atoms with Crippen LogP contribution < -0.4 is 15.4 Å². The summed E-state index contributed by atoms with van der Waals surface area (Å²) in [6.07, 6.45) is 2.81. The molecule has 3 rings (SSSR count). The number of aromatic nitrogens is 2. The van der Waals surface area contributed by atoms with Gasteiger partial charge in [-0.25, -0.2) is 14.8 Å². The average molecular weight is 392 g/mol. The predicted octanol–water partition coefficient (Wildman–Crippen LogP) is 3.66. The molecule has 0 unspecified atom stereocenters. The van der Waals surface area contributed by atoms with E-state index in [0.717, 1.165) is 11.4 Å². The zero-order valence-corrected chi connectivity index (χ0v) is 16.0. The lowest BCUT2D eigenvalue weighted by atomic mass is 10.1. The van der Waals surface area contributed by atoms with Gasteiger partial charge in [0.1, 0.15) is 5.75 Å². The summed E-state index contributed by atoms with van der Waals surface area (Å²) in [7, 11) is 1.60. The Morgan fingerprint density at radius 3 is 2.34 bits per heavy atom. The third-order valence-electron chi connectivity index (χ3n) is 3.93. The molecule has 8 nitrogen and oxygen atoms in total. The second kappa shape index (κ2) is 9.32. The highest BCUT2D eigenvalue weighted by Gasteiger charge is 2.15. The molecule has 2 N–H and O–H groups in total. The number of methoxy groups -OCH3 is 1. The predicted molar refractivity (Wildman–Crippen MR) is 109 cm³/mol. The molecule has 1 aromatic heterocycles. The maximum absolute atomic E-state index is 12.5. The number of carbonyl (C=O) groups excluding carboxylic acids is 2. The Labute approximate surface area is 167 Å². The van der Waals surface area contributed by atoms with Crippen molar-refractivity contribution in [3.05, 3.63) is 72.1 Å². The largest absolute Gasteiger partial charge is 0.497 e. The molecule has 0 aliphatic rings. The number of benzene rings is 2. The van der Waals surface area contributed by atoms with Crippen LogP contribution in [0.1, 0.15) is 27.6 Å². The Hall–Kier alpha value is -3.94. The summed E-state index contributed by atoms with van der Waals surface area (Å²) in [6, 6.07) is 13.9. The Morgan fingerprint density at radius 1 is 1.00 bits per heavy atom. The first-order chi connectivity index (χ1) is 14.1.